The molecule has 3 saturated carbocycles. The van der Waals surface area contributed by atoms with Crippen molar-refractivity contribution < 1.29 is 14.9 Å². The van der Waals surface area contributed by atoms with Crippen LogP contribution in [0.25, 0.3) is 0 Å². The van der Waals surface area contributed by atoms with E-state index in [-0.39, 0.29) is 22.3 Å². The molecule has 7 unspecified atom stereocenters. The van der Waals surface area contributed by atoms with E-state index >= 15 is 0 Å². The molecule has 0 aromatic heterocycles. The van der Waals surface area contributed by atoms with E-state index in [1.54, 1.807) is 0 Å². The van der Waals surface area contributed by atoms with Crippen LogP contribution in [-0.2, 0) is 4.74 Å². The molecule has 23 heavy (non-hydrogen) atoms. The van der Waals surface area contributed by atoms with E-state index in [0.29, 0.717) is 25.0 Å². The first-order valence-electron chi connectivity index (χ1n) is 9.54. The van der Waals surface area contributed by atoms with Gasteiger partial charge in [0.25, 0.3) is 0 Å². The van der Waals surface area contributed by atoms with Crippen molar-refractivity contribution in [2.24, 2.45) is 28.1 Å². The lowest BCUT2D eigenvalue weighted by Gasteiger charge is -2.63. The lowest BCUT2D eigenvalue weighted by Crippen LogP contribution is -2.58. The van der Waals surface area contributed by atoms with Crippen molar-refractivity contribution >= 4 is 0 Å². The third-order valence-corrected chi connectivity index (χ3v) is 9.06. The molecule has 7 atom stereocenters. The molecule has 4 fully saturated rings. The third-order valence-electron chi connectivity index (χ3n) is 9.06. The van der Waals surface area contributed by atoms with Crippen LogP contribution in [0.2, 0.25) is 0 Å². The average molecular weight is 318 g/mol. The molecule has 1 saturated heterocycles. The molecule has 1 spiro atoms. The molecule has 3 heteroatoms. The second-order valence-corrected chi connectivity index (χ2v) is 9.76. The summed E-state index contributed by atoms with van der Waals surface area (Å²) in [5.41, 5.74) is 1.47. The molecule has 3 nitrogen and oxygen atoms in total. The fraction of sp³-hybridized carbons (Fsp3) is 0.900. The zero-order valence-corrected chi connectivity index (χ0v) is 14.5. The van der Waals surface area contributed by atoms with E-state index in [2.05, 4.69) is 19.9 Å². The predicted molar refractivity (Wildman–Crippen MR) is 87.8 cm³/mol. The first-order chi connectivity index (χ1) is 10.9. The number of fused-ring (bicyclic) bond motifs is 2. The quantitative estimate of drug-likeness (QED) is 0.731. The Bertz CT molecular complexity index is 585. The summed E-state index contributed by atoms with van der Waals surface area (Å²) in [6.45, 7) is 5.64. The molecular formula is C20H30O3. The third kappa shape index (κ3) is 1.49. The number of aliphatic hydroxyl groups excluding tert-OH is 1. The monoisotopic (exact) mass is 318 g/mol. The molecule has 1 aliphatic heterocycles. The molecule has 2 N–H and O–H groups in total. The maximum Gasteiger partial charge on any atom is 0.0937 e. The highest BCUT2D eigenvalue weighted by atomic mass is 16.5. The summed E-state index contributed by atoms with van der Waals surface area (Å²) in [5, 5.41) is 21.1. The van der Waals surface area contributed by atoms with Gasteiger partial charge >= 0.3 is 0 Å². The lowest BCUT2D eigenvalue weighted by molar-refractivity contribution is -0.144. The van der Waals surface area contributed by atoms with Crippen molar-refractivity contribution in [2.75, 3.05) is 13.2 Å². The summed E-state index contributed by atoms with van der Waals surface area (Å²) in [6, 6.07) is 0. The second-order valence-electron chi connectivity index (χ2n) is 9.76. The highest BCUT2D eigenvalue weighted by Gasteiger charge is 2.72. The minimum absolute atomic E-state index is 0.0517. The van der Waals surface area contributed by atoms with Crippen molar-refractivity contribution in [1.29, 1.82) is 0 Å². The van der Waals surface area contributed by atoms with Crippen LogP contribution in [0, 0.1) is 28.1 Å². The summed E-state index contributed by atoms with van der Waals surface area (Å²) in [4.78, 5) is 0. The van der Waals surface area contributed by atoms with Gasteiger partial charge in [0.15, 0.2) is 0 Å². The SMILES string of the molecule is CC1(CO)CCCC2(C)C1CC=C1C3OCC4(O)CCC12CC34. The lowest BCUT2D eigenvalue weighted by atomic mass is 9.41. The van der Waals surface area contributed by atoms with Crippen LogP contribution in [0.4, 0.5) is 0 Å². The number of hydrogen-bond acceptors (Lipinski definition) is 3. The van der Waals surface area contributed by atoms with E-state index in [9.17, 15) is 10.2 Å². The zero-order valence-electron chi connectivity index (χ0n) is 14.5. The number of allylic oxidation sites excluding steroid dienone is 1. The molecule has 0 aromatic carbocycles. The van der Waals surface area contributed by atoms with E-state index in [4.69, 9.17) is 4.74 Å². The summed E-state index contributed by atoms with van der Waals surface area (Å²) in [5.74, 6) is 0.864. The van der Waals surface area contributed by atoms with Gasteiger partial charge in [-0.3, -0.25) is 0 Å². The van der Waals surface area contributed by atoms with Gasteiger partial charge in [-0.25, -0.2) is 0 Å². The van der Waals surface area contributed by atoms with E-state index < -0.39 is 5.60 Å². The largest absolute Gasteiger partial charge is 0.396 e. The Hall–Kier alpha value is -0.380. The second kappa shape index (κ2) is 4.23. The highest BCUT2D eigenvalue weighted by molar-refractivity contribution is 5.39. The minimum Gasteiger partial charge on any atom is -0.396 e. The number of aliphatic hydroxyl groups is 2. The molecule has 0 aromatic rings. The molecule has 4 aliphatic carbocycles. The maximum absolute atomic E-state index is 11.0. The number of hydrogen-bond donors (Lipinski definition) is 2. The Morgan fingerprint density at radius 1 is 1.22 bits per heavy atom. The van der Waals surface area contributed by atoms with Crippen molar-refractivity contribution in [3.8, 4) is 0 Å². The van der Waals surface area contributed by atoms with Gasteiger partial charge in [-0.2, -0.15) is 0 Å². The summed E-state index contributed by atoms with van der Waals surface area (Å²) in [7, 11) is 0. The van der Waals surface area contributed by atoms with Gasteiger partial charge in [-0.15, -0.1) is 0 Å². The zero-order chi connectivity index (χ0) is 16.1. The molecule has 0 radical (unpaired) electrons. The highest BCUT2D eigenvalue weighted by Crippen LogP contribution is 2.75. The first kappa shape index (κ1) is 14.9. The average Bonchev–Trinajstić information content (AvgIpc) is 3.01. The number of ether oxygens (including phenoxy) is 1. The first-order valence-corrected chi connectivity index (χ1v) is 9.54. The smallest absolute Gasteiger partial charge is 0.0937 e. The Kier molecular flexibility index (Phi) is 2.74. The van der Waals surface area contributed by atoms with Gasteiger partial charge < -0.3 is 14.9 Å². The molecule has 0 amide bonds. The maximum atomic E-state index is 11.0. The Balaban J connectivity index is 1.65. The standard InChI is InChI=1S/C20H30O3/c1-17(11-21)6-3-7-18(2)15(17)5-4-13-16-14-10-19(13,18)8-9-20(14,22)12-23-16/h4,14-16,21-22H,3,5-12H2,1-2H3. The van der Waals surface area contributed by atoms with Crippen LogP contribution >= 0.6 is 0 Å². The molecular weight excluding hydrogens is 288 g/mol. The van der Waals surface area contributed by atoms with Crippen molar-refractivity contribution in [2.45, 2.75) is 70.5 Å². The van der Waals surface area contributed by atoms with Gasteiger partial charge in [-0.1, -0.05) is 26.3 Å². The van der Waals surface area contributed by atoms with Crippen LogP contribution in [-0.4, -0.2) is 35.1 Å². The Morgan fingerprint density at radius 3 is 2.83 bits per heavy atom. The van der Waals surface area contributed by atoms with Crippen molar-refractivity contribution in [3.63, 3.8) is 0 Å². The summed E-state index contributed by atoms with van der Waals surface area (Å²) >= 11 is 0. The Morgan fingerprint density at radius 2 is 2.04 bits per heavy atom. The van der Waals surface area contributed by atoms with Gasteiger partial charge in [-0.05, 0) is 60.8 Å². The fourth-order valence-corrected chi connectivity index (χ4v) is 7.73. The van der Waals surface area contributed by atoms with Crippen molar-refractivity contribution in [1.82, 2.24) is 0 Å². The minimum atomic E-state index is -0.575. The molecule has 128 valence electrons. The van der Waals surface area contributed by atoms with E-state index in [1.165, 1.54) is 18.4 Å². The number of rotatable bonds is 1. The van der Waals surface area contributed by atoms with Crippen LogP contribution in [0.1, 0.15) is 58.8 Å². The molecule has 1 heterocycles. The Labute approximate surface area is 139 Å². The topological polar surface area (TPSA) is 49.7 Å². The van der Waals surface area contributed by atoms with Crippen molar-refractivity contribution in [3.05, 3.63) is 11.6 Å². The molecule has 5 rings (SSSR count). The van der Waals surface area contributed by atoms with Gasteiger partial charge in [0, 0.05) is 17.9 Å². The fourth-order valence-electron chi connectivity index (χ4n) is 7.73. The summed E-state index contributed by atoms with van der Waals surface area (Å²) < 4.78 is 6.11. The van der Waals surface area contributed by atoms with E-state index in [0.717, 1.165) is 32.1 Å². The van der Waals surface area contributed by atoms with Crippen LogP contribution in [0.5, 0.6) is 0 Å². The van der Waals surface area contributed by atoms with Crippen LogP contribution in [0.15, 0.2) is 11.6 Å². The molecule has 5 aliphatic rings. The van der Waals surface area contributed by atoms with Crippen LogP contribution < -0.4 is 0 Å². The van der Waals surface area contributed by atoms with Gasteiger partial charge in [0.1, 0.15) is 0 Å². The van der Waals surface area contributed by atoms with Gasteiger partial charge in [0.2, 0.25) is 0 Å². The normalized spacial score (nSPS) is 60.2. The van der Waals surface area contributed by atoms with Gasteiger partial charge in [0.05, 0.1) is 18.3 Å². The summed E-state index contributed by atoms with van der Waals surface area (Å²) in [6.07, 6.45) is 10.5. The predicted octanol–water partition coefficient (Wildman–Crippen LogP) is 3.05. The van der Waals surface area contributed by atoms with E-state index in [1.807, 2.05) is 0 Å². The van der Waals surface area contributed by atoms with Crippen LogP contribution in [0.3, 0.4) is 0 Å². The molecule has 2 bridgehead atoms.